The van der Waals surface area contributed by atoms with Crippen LogP contribution in [-0.4, -0.2) is 5.11 Å². The normalized spacial score (nSPS) is 18.3. The Bertz CT molecular complexity index is 384. The summed E-state index contributed by atoms with van der Waals surface area (Å²) in [6.07, 6.45) is 2.61. The van der Waals surface area contributed by atoms with Gasteiger partial charge in [-0.15, -0.1) is 0 Å². The Morgan fingerprint density at radius 1 is 1.43 bits per heavy atom. The fourth-order valence-electron chi connectivity index (χ4n) is 1.93. The highest BCUT2D eigenvalue weighted by Gasteiger charge is 2.42. The Morgan fingerprint density at radius 3 is 2.57 bits per heavy atom. The van der Waals surface area contributed by atoms with Gasteiger partial charge in [0, 0.05) is 10.6 Å². The number of phenols is 1. The molecule has 3 heteroatoms. The molecule has 2 rings (SSSR count). The van der Waals surface area contributed by atoms with Gasteiger partial charge in [-0.1, -0.05) is 17.7 Å². The van der Waals surface area contributed by atoms with E-state index in [-0.39, 0.29) is 5.75 Å². The monoisotopic (exact) mass is 207 g/mol. The summed E-state index contributed by atoms with van der Waals surface area (Å²) in [5.74, 6) is 0.138. The van der Waals surface area contributed by atoms with Crippen LogP contribution in [0.4, 0.5) is 0 Å². The van der Waals surface area contributed by atoms with Crippen molar-refractivity contribution in [3.8, 4) is 11.8 Å². The number of phenolic OH excluding ortho intramolecular Hbond substituents is 1. The molecule has 0 atom stereocenters. The molecule has 0 unspecified atom stereocenters. The van der Waals surface area contributed by atoms with Gasteiger partial charge in [0.2, 0.25) is 0 Å². The minimum Gasteiger partial charge on any atom is -0.508 e. The fraction of sp³-hybridized carbons (Fsp3) is 0.364. The number of halogens is 1. The van der Waals surface area contributed by atoms with Gasteiger partial charge in [-0.05, 0) is 31.4 Å². The summed E-state index contributed by atoms with van der Waals surface area (Å²) in [4.78, 5) is 0. The van der Waals surface area contributed by atoms with Gasteiger partial charge in [0.25, 0.3) is 0 Å². The number of benzene rings is 1. The second-order valence-electron chi connectivity index (χ2n) is 3.68. The third kappa shape index (κ3) is 1.17. The lowest BCUT2D eigenvalue weighted by Crippen LogP contribution is -2.32. The molecule has 0 saturated heterocycles. The second-order valence-corrected chi connectivity index (χ2v) is 4.09. The Labute approximate surface area is 87.7 Å². The van der Waals surface area contributed by atoms with E-state index in [9.17, 15) is 5.11 Å². The molecular formula is C11H10ClNO. The van der Waals surface area contributed by atoms with E-state index in [4.69, 9.17) is 16.9 Å². The number of aromatic hydroxyl groups is 1. The van der Waals surface area contributed by atoms with Crippen molar-refractivity contribution in [1.29, 1.82) is 5.26 Å². The highest BCUT2D eigenvalue weighted by Crippen LogP contribution is 2.48. The number of nitrogens with zero attached hydrogens (tertiary/aromatic N) is 1. The summed E-state index contributed by atoms with van der Waals surface area (Å²) in [7, 11) is 0. The molecule has 1 saturated carbocycles. The number of hydrogen-bond acceptors (Lipinski definition) is 2. The molecule has 0 aromatic heterocycles. The third-order valence-electron chi connectivity index (χ3n) is 2.89. The average molecular weight is 208 g/mol. The maximum atomic E-state index is 9.69. The van der Waals surface area contributed by atoms with E-state index in [1.165, 1.54) is 0 Å². The zero-order valence-corrected chi connectivity index (χ0v) is 8.38. The van der Waals surface area contributed by atoms with Crippen LogP contribution in [0, 0.1) is 11.3 Å². The summed E-state index contributed by atoms with van der Waals surface area (Å²) in [6, 6.07) is 7.25. The molecule has 0 amide bonds. The lowest BCUT2D eigenvalue weighted by atomic mass is 9.65. The number of nitriles is 1. The first kappa shape index (κ1) is 9.36. The van der Waals surface area contributed by atoms with Crippen molar-refractivity contribution in [3.05, 3.63) is 28.8 Å². The van der Waals surface area contributed by atoms with Crippen molar-refractivity contribution in [2.45, 2.75) is 24.7 Å². The molecule has 1 aliphatic rings. The molecule has 0 aliphatic heterocycles. The van der Waals surface area contributed by atoms with Crippen LogP contribution in [0.15, 0.2) is 18.2 Å². The Hall–Kier alpha value is -1.20. The van der Waals surface area contributed by atoms with Crippen molar-refractivity contribution in [1.82, 2.24) is 0 Å². The zero-order valence-electron chi connectivity index (χ0n) is 7.63. The van der Waals surface area contributed by atoms with E-state index in [0.29, 0.717) is 10.6 Å². The zero-order chi connectivity index (χ0) is 10.2. The standard InChI is InChI=1S/C11H10ClNO/c12-8-3-1-4-9(14)10(8)11(7-13)5-2-6-11/h1,3-4,14H,2,5-6H2. The van der Waals surface area contributed by atoms with Crippen molar-refractivity contribution >= 4 is 11.6 Å². The van der Waals surface area contributed by atoms with Gasteiger partial charge in [0.05, 0.1) is 11.5 Å². The summed E-state index contributed by atoms with van der Waals surface area (Å²) < 4.78 is 0. The third-order valence-corrected chi connectivity index (χ3v) is 3.21. The highest BCUT2D eigenvalue weighted by molar-refractivity contribution is 6.31. The van der Waals surface area contributed by atoms with Gasteiger partial charge < -0.3 is 5.11 Å². The molecule has 2 nitrogen and oxygen atoms in total. The molecule has 1 N–H and O–H groups in total. The highest BCUT2D eigenvalue weighted by atomic mass is 35.5. The molecule has 1 aliphatic carbocycles. The molecular weight excluding hydrogens is 198 g/mol. The summed E-state index contributed by atoms with van der Waals surface area (Å²) in [5.41, 5.74) is 0.0676. The Kier molecular flexibility index (Phi) is 2.13. The fourth-order valence-corrected chi connectivity index (χ4v) is 2.28. The largest absolute Gasteiger partial charge is 0.508 e. The van der Waals surface area contributed by atoms with Crippen molar-refractivity contribution in [2.24, 2.45) is 0 Å². The van der Waals surface area contributed by atoms with E-state index >= 15 is 0 Å². The van der Waals surface area contributed by atoms with E-state index in [1.807, 2.05) is 0 Å². The molecule has 0 radical (unpaired) electrons. The van der Waals surface area contributed by atoms with Crippen LogP contribution in [0.5, 0.6) is 5.75 Å². The predicted octanol–water partition coefficient (Wildman–Crippen LogP) is 2.99. The molecule has 0 spiro atoms. The molecule has 1 aromatic rings. The van der Waals surface area contributed by atoms with Crippen molar-refractivity contribution < 1.29 is 5.11 Å². The van der Waals surface area contributed by atoms with Gasteiger partial charge in [-0.25, -0.2) is 0 Å². The van der Waals surface area contributed by atoms with Gasteiger partial charge in [0.1, 0.15) is 5.75 Å². The first-order valence-corrected chi connectivity index (χ1v) is 4.97. The maximum Gasteiger partial charge on any atom is 0.121 e. The summed E-state index contributed by atoms with van der Waals surface area (Å²) in [5, 5.41) is 19.3. The van der Waals surface area contributed by atoms with Gasteiger partial charge >= 0.3 is 0 Å². The van der Waals surface area contributed by atoms with Crippen molar-refractivity contribution in [2.75, 3.05) is 0 Å². The first-order chi connectivity index (χ1) is 6.69. The lowest BCUT2D eigenvalue weighted by Gasteiger charge is -2.36. The molecule has 1 fully saturated rings. The second kappa shape index (κ2) is 3.18. The Balaban J connectivity index is 2.56. The van der Waals surface area contributed by atoms with Crippen LogP contribution in [0.3, 0.4) is 0 Å². The van der Waals surface area contributed by atoms with Gasteiger partial charge in [-0.3, -0.25) is 0 Å². The van der Waals surface area contributed by atoms with Crippen LogP contribution >= 0.6 is 11.6 Å². The van der Waals surface area contributed by atoms with Crippen LogP contribution < -0.4 is 0 Å². The van der Waals surface area contributed by atoms with E-state index in [0.717, 1.165) is 19.3 Å². The Morgan fingerprint density at radius 2 is 2.14 bits per heavy atom. The molecule has 72 valence electrons. The lowest BCUT2D eigenvalue weighted by molar-refractivity contribution is 0.311. The molecule has 0 bridgehead atoms. The molecule has 14 heavy (non-hydrogen) atoms. The van der Waals surface area contributed by atoms with Crippen LogP contribution in [-0.2, 0) is 5.41 Å². The molecule has 0 heterocycles. The smallest absolute Gasteiger partial charge is 0.121 e. The number of hydrogen-bond donors (Lipinski definition) is 1. The van der Waals surface area contributed by atoms with Crippen LogP contribution in [0.25, 0.3) is 0 Å². The minimum atomic E-state index is -0.539. The topological polar surface area (TPSA) is 44.0 Å². The quantitative estimate of drug-likeness (QED) is 0.770. The maximum absolute atomic E-state index is 9.69. The molecule has 1 aromatic carbocycles. The SMILES string of the molecule is N#CC1(c2c(O)cccc2Cl)CCC1. The average Bonchev–Trinajstić information content (AvgIpc) is 2.08. The van der Waals surface area contributed by atoms with Crippen LogP contribution in [0.2, 0.25) is 5.02 Å². The predicted molar refractivity (Wildman–Crippen MR) is 54.3 cm³/mol. The minimum absolute atomic E-state index is 0.138. The summed E-state index contributed by atoms with van der Waals surface area (Å²) in [6.45, 7) is 0. The van der Waals surface area contributed by atoms with E-state index in [1.54, 1.807) is 18.2 Å². The van der Waals surface area contributed by atoms with Crippen LogP contribution in [0.1, 0.15) is 24.8 Å². The van der Waals surface area contributed by atoms with Crippen molar-refractivity contribution in [3.63, 3.8) is 0 Å². The van der Waals surface area contributed by atoms with E-state index < -0.39 is 5.41 Å². The van der Waals surface area contributed by atoms with Gasteiger partial charge in [0.15, 0.2) is 0 Å². The summed E-state index contributed by atoms with van der Waals surface area (Å²) >= 11 is 5.99. The van der Waals surface area contributed by atoms with E-state index in [2.05, 4.69) is 6.07 Å². The first-order valence-electron chi connectivity index (χ1n) is 4.59. The van der Waals surface area contributed by atoms with Gasteiger partial charge in [-0.2, -0.15) is 5.26 Å². The number of rotatable bonds is 1.